The fourth-order valence-corrected chi connectivity index (χ4v) is 4.50. The van der Waals surface area contributed by atoms with Crippen LogP contribution >= 0.6 is 0 Å². The first-order valence-electron chi connectivity index (χ1n) is 8.14. The van der Waals surface area contributed by atoms with E-state index in [-0.39, 0.29) is 0 Å². The van der Waals surface area contributed by atoms with Gasteiger partial charge < -0.3 is 0 Å². The number of aryl methyl sites for hydroxylation is 1. The molecule has 0 atom stereocenters. The molecule has 6 rings (SSSR count). The molecule has 5 aromatic carbocycles. The van der Waals surface area contributed by atoms with Gasteiger partial charge in [-0.3, -0.25) is 0 Å². The molecule has 106 valence electrons. The van der Waals surface area contributed by atoms with Crippen LogP contribution in [0, 0.1) is 6.92 Å². The summed E-state index contributed by atoms with van der Waals surface area (Å²) < 4.78 is 0. The van der Waals surface area contributed by atoms with E-state index in [4.69, 9.17) is 0 Å². The standard InChI is InChI=1S/C23H14/c1-13-11-19-17-7-2-3-8-18(17)20-12-15-6-4-5-14-9-10-16(13)23(21(14)15)22(19)20/h2-12H,1H3. The lowest BCUT2D eigenvalue weighted by atomic mass is 9.89. The minimum Gasteiger partial charge on any atom is -0.0616 e. The molecule has 0 heteroatoms. The van der Waals surface area contributed by atoms with Crippen LogP contribution in [0.15, 0.2) is 66.7 Å². The summed E-state index contributed by atoms with van der Waals surface area (Å²) in [6.07, 6.45) is 0. The van der Waals surface area contributed by atoms with Gasteiger partial charge in [-0.1, -0.05) is 60.7 Å². The highest BCUT2D eigenvalue weighted by atomic mass is 14.3. The van der Waals surface area contributed by atoms with Gasteiger partial charge in [0.05, 0.1) is 0 Å². The lowest BCUT2D eigenvalue weighted by Gasteiger charge is -2.14. The second-order valence-electron chi connectivity index (χ2n) is 6.65. The molecule has 0 aliphatic heterocycles. The highest BCUT2D eigenvalue weighted by Crippen LogP contribution is 2.52. The molecule has 1 aliphatic rings. The Hall–Kier alpha value is -2.86. The van der Waals surface area contributed by atoms with Gasteiger partial charge in [0.1, 0.15) is 0 Å². The van der Waals surface area contributed by atoms with E-state index in [1.54, 1.807) is 0 Å². The van der Waals surface area contributed by atoms with Crippen molar-refractivity contribution >= 4 is 32.3 Å². The van der Waals surface area contributed by atoms with Gasteiger partial charge in [-0.25, -0.2) is 0 Å². The van der Waals surface area contributed by atoms with Crippen molar-refractivity contribution in [2.24, 2.45) is 0 Å². The third kappa shape index (κ3) is 1.25. The van der Waals surface area contributed by atoms with Crippen LogP contribution in [-0.4, -0.2) is 0 Å². The lowest BCUT2D eigenvalue weighted by molar-refractivity contribution is 1.55. The third-order valence-corrected chi connectivity index (χ3v) is 5.46. The van der Waals surface area contributed by atoms with Gasteiger partial charge in [-0.15, -0.1) is 0 Å². The van der Waals surface area contributed by atoms with Crippen LogP contribution in [0.25, 0.3) is 54.6 Å². The van der Waals surface area contributed by atoms with Crippen molar-refractivity contribution in [3.63, 3.8) is 0 Å². The summed E-state index contributed by atoms with van der Waals surface area (Å²) in [5.41, 5.74) is 6.92. The molecule has 0 saturated heterocycles. The minimum atomic E-state index is 1.34. The molecule has 0 saturated carbocycles. The molecule has 0 heterocycles. The second kappa shape index (κ2) is 3.72. The summed E-state index contributed by atoms with van der Waals surface area (Å²) in [5.74, 6) is 0. The average Bonchev–Trinajstić information content (AvgIpc) is 2.90. The fraction of sp³-hybridized carbons (Fsp3) is 0.0435. The van der Waals surface area contributed by atoms with Gasteiger partial charge in [0.25, 0.3) is 0 Å². The molecule has 23 heavy (non-hydrogen) atoms. The lowest BCUT2D eigenvalue weighted by Crippen LogP contribution is -1.87. The summed E-state index contributed by atoms with van der Waals surface area (Å²) in [6.45, 7) is 2.24. The van der Waals surface area contributed by atoms with E-state index < -0.39 is 0 Å². The van der Waals surface area contributed by atoms with Crippen LogP contribution in [0.3, 0.4) is 0 Å². The zero-order valence-electron chi connectivity index (χ0n) is 12.9. The third-order valence-electron chi connectivity index (χ3n) is 5.46. The molecule has 5 aromatic rings. The molecule has 0 nitrogen and oxygen atoms in total. The maximum absolute atomic E-state index is 2.38. The summed E-state index contributed by atoms with van der Waals surface area (Å²) >= 11 is 0. The van der Waals surface area contributed by atoms with Crippen LogP contribution in [0.1, 0.15) is 5.56 Å². The van der Waals surface area contributed by atoms with Gasteiger partial charge in [-0.2, -0.15) is 0 Å². The second-order valence-corrected chi connectivity index (χ2v) is 6.65. The van der Waals surface area contributed by atoms with Crippen LogP contribution in [0.5, 0.6) is 0 Å². The van der Waals surface area contributed by atoms with E-state index in [9.17, 15) is 0 Å². The molecule has 0 unspecified atom stereocenters. The summed E-state index contributed by atoms with van der Waals surface area (Å²) in [7, 11) is 0. The first-order valence-corrected chi connectivity index (χ1v) is 8.14. The van der Waals surface area contributed by atoms with Gasteiger partial charge >= 0.3 is 0 Å². The van der Waals surface area contributed by atoms with E-state index in [0.717, 1.165) is 0 Å². The molecule has 0 amide bonds. The van der Waals surface area contributed by atoms with Crippen LogP contribution in [0.4, 0.5) is 0 Å². The van der Waals surface area contributed by atoms with E-state index >= 15 is 0 Å². The molecule has 0 bridgehead atoms. The molecular formula is C23H14. The van der Waals surface area contributed by atoms with Crippen molar-refractivity contribution in [3.8, 4) is 22.3 Å². The maximum atomic E-state index is 2.38. The number of benzene rings is 5. The number of fused-ring (bicyclic) bond motifs is 3. The van der Waals surface area contributed by atoms with E-state index in [1.165, 1.54) is 60.1 Å². The largest absolute Gasteiger partial charge is 0.0616 e. The Morgan fingerprint density at radius 2 is 1.26 bits per heavy atom. The summed E-state index contributed by atoms with van der Waals surface area (Å²) in [6, 6.07) is 24.8. The zero-order chi connectivity index (χ0) is 15.1. The maximum Gasteiger partial charge on any atom is -0.00116 e. The molecule has 0 radical (unpaired) electrons. The Labute approximate surface area is 134 Å². The highest BCUT2D eigenvalue weighted by molar-refractivity contribution is 6.32. The Morgan fingerprint density at radius 1 is 0.522 bits per heavy atom. The van der Waals surface area contributed by atoms with Crippen LogP contribution < -0.4 is 0 Å². The molecular weight excluding hydrogens is 276 g/mol. The monoisotopic (exact) mass is 290 g/mol. The van der Waals surface area contributed by atoms with Crippen molar-refractivity contribution in [1.82, 2.24) is 0 Å². The predicted octanol–water partition coefficient (Wildman–Crippen LogP) is 6.54. The van der Waals surface area contributed by atoms with Crippen molar-refractivity contribution in [3.05, 3.63) is 72.3 Å². The molecule has 0 spiro atoms. The van der Waals surface area contributed by atoms with E-state index in [2.05, 4.69) is 73.7 Å². The van der Waals surface area contributed by atoms with Gasteiger partial charge in [0.2, 0.25) is 0 Å². The van der Waals surface area contributed by atoms with E-state index in [0.29, 0.717) is 0 Å². The highest BCUT2D eigenvalue weighted by Gasteiger charge is 2.24. The molecule has 1 aliphatic carbocycles. The Morgan fingerprint density at radius 3 is 2.09 bits per heavy atom. The zero-order valence-corrected chi connectivity index (χ0v) is 12.9. The van der Waals surface area contributed by atoms with Gasteiger partial charge in [-0.05, 0) is 73.1 Å². The Balaban J connectivity index is 2.04. The number of hydrogen-bond donors (Lipinski definition) is 0. The summed E-state index contributed by atoms with van der Waals surface area (Å²) in [5, 5.41) is 8.39. The molecule has 0 N–H and O–H groups in total. The Bertz CT molecular complexity index is 1260. The van der Waals surface area contributed by atoms with Crippen LogP contribution in [0.2, 0.25) is 0 Å². The van der Waals surface area contributed by atoms with Crippen molar-refractivity contribution < 1.29 is 0 Å². The average molecular weight is 290 g/mol. The fourth-order valence-electron chi connectivity index (χ4n) is 4.50. The van der Waals surface area contributed by atoms with Crippen molar-refractivity contribution in [2.75, 3.05) is 0 Å². The molecule has 0 aromatic heterocycles. The Kier molecular flexibility index (Phi) is 1.89. The first-order chi connectivity index (χ1) is 11.3. The minimum absolute atomic E-state index is 1.34. The predicted molar refractivity (Wildman–Crippen MR) is 99.3 cm³/mol. The van der Waals surface area contributed by atoms with Crippen molar-refractivity contribution in [2.45, 2.75) is 6.92 Å². The van der Waals surface area contributed by atoms with Gasteiger partial charge in [0, 0.05) is 0 Å². The number of hydrogen-bond acceptors (Lipinski definition) is 0. The van der Waals surface area contributed by atoms with Gasteiger partial charge in [0.15, 0.2) is 0 Å². The van der Waals surface area contributed by atoms with Crippen molar-refractivity contribution in [1.29, 1.82) is 0 Å². The normalized spacial score (nSPS) is 12.6. The summed E-state index contributed by atoms with van der Waals surface area (Å²) in [4.78, 5) is 0. The van der Waals surface area contributed by atoms with Crippen LogP contribution in [-0.2, 0) is 0 Å². The first kappa shape index (κ1) is 11.7. The smallest absolute Gasteiger partial charge is 0.00116 e. The SMILES string of the molecule is Cc1cc2c3c(cc4cccc5ccc1c3c54)-c1ccccc1-2. The quantitative estimate of drug-likeness (QED) is 0.279. The molecule has 0 fully saturated rings. The topological polar surface area (TPSA) is 0 Å². The van der Waals surface area contributed by atoms with E-state index in [1.807, 2.05) is 0 Å². The number of rotatable bonds is 0.